The molecule has 2 aromatic rings. The van der Waals surface area contributed by atoms with Crippen LogP contribution in [-0.4, -0.2) is 12.6 Å². The monoisotopic (exact) mass is 460 g/mol. The molecule has 3 rings (SSSR count). The van der Waals surface area contributed by atoms with E-state index in [0.717, 1.165) is 18.9 Å². The molecule has 1 amide bonds. The van der Waals surface area contributed by atoms with Crippen LogP contribution in [0.5, 0.6) is 11.5 Å². The summed E-state index contributed by atoms with van der Waals surface area (Å²) in [6, 6.07) is 6.36. The number of hydrogen-bond acceptors (Lipinski definition) is 4. The number of carbonyl (C=O) groups excluding carboxylic acids is 1. The predicted octanol–water partition coefficient (Wildman–Crippen LogP) is 5.88. The first-order valence-corrected chi connectivity index (χ1v) is 9.87. The van der Waals surface area contributed by atoms with Crippen molar-refractivity contribution >= 4 is 30.1 Å². The fourth-order valence-corrected chi connectivity index (χ4v) is 2.92. The number of carbonyl (C=O) groups is 1. The van der Waals surface area contributed by atoms with Gasteiger partial charge in [-0.1, -0.05) is 24.6 Å². The number of hydrogen-bond donors (Lipinski definition) is 2. The molecule has 5 nitrogen and oxygen atoms in total. The Balaban J connectivity index is 0.00000320. The van der Waals surface area contributed by atoms with Gasteiger partial charge in [0.25, 0.3) is 0 Å². The van der Waals surface area contributed by atoms with Crippen molar-refractivity contribution < 1.29 is 23.0 Å². The van der Waals surface area contributed by atoms with Crippen LogP contribution < -0.4 is 15.8 Å². The van der Waals surface area contributed by atoms with E-state index in [0.29, 0.717) is 18.9 Å². The second-order valence-electron chi connectivity index (χ2n) is 7.05. The van der Waals surface area contributed by atoms with Crippen LogP contribution >= 0.6 is 24.0 Å². The highest BCUT2D eigenvalue weighted by Crippen LogP contribution is 2.36. The minimum absolute atomic E-state index is 0. The summed E-state index contributed by atoms with van der Waals surface area (Å²) in [6.45, 7) is 2.11. The Hall–Kier alpha value is -2.09. The number of nitrogens with two attached hydrogens (primary N) is 1. The molecule has 0 bridgehead atoms. The topological polar surface area (TPSA) is 73.6 Å². The lowest BCUT2D eigenvalue weighted by Gasteiger charge is -2.16. The second-order valence-corrected chi connectivity index (χ2v) is 7.46. The Morgan fingerprint density at radius 2 is 2.03 bits per heavy atom. The third-order valence-corrected chi connectivity index (χ3v) is 5.04. The van der Waals surface area contributed by atoms with Crippen molar-refractivity contribution in [3.63, 3.8) is 0 Å². The summed E-state index contributed by atoms with van der Waals surface area (Å²) >= 11 is 6.08. The van der Waals surface area contributed by atoms with E-state index in [1.807, 2.05) is 6.92 Å². The summed E-state index contributed by atoms with van der Waals surface area (Å²) < 4.78 is 39.5. The predicted molar refractivity (Wildman–Crippen MR) is 113 cm³/mol. The lowest BCUT2D eigenvalue weighted by atomic mass is 10.0. The molecule has 30 heavy (non-hydrogen) atoms. The molecule has 164 valence electrons. The van der Waals surface area contributed by atoms with Crippen molar-refractivity contribution in [3.8, 4) is 11.5 Å². The van der Waals surface area contributed by atoms with Gasteiger partial charge in [0.15, 0.2) is 11.6 Å². The second kappa shape index (κ2) is 10.8. The summed E-state index contributed by atoms with van der Waals surface area (Å²) in [6.07, 6.45) is 2.12. The molecule has 0 radical (unpaired) electrons. The van der Waals surface area contributed by atoms with Gasteiger partial charge in [-0.3, -0.25) is 0 Å². The van der Waals surface area contributed by atoms with E-state index in [1.165, 1.54) is 24.3 Å². The highest BCUT2D eigenvalue weighted by atomic mass is 35.5. The number of alkyl carbamates (subject to hydrolysis) is 1. The van der Waals surface area contributed by atoms with Crippen molar-refractivity contribution in [2.75, 3.05) is 6.54 Å². The average molecular weight is 461 g/mol. The van der Waals surface area contributed by atoms with Crippen molar-refractivity contribution in [1.29, 1.82) is 0 Å². The zero-order chi connectivity index (χ0) is 21.0. The maximum Gasteiger partial charge on any atom is 0.407 e. The van der Waals surface area contributed by atoms with Crippen molar-refractivity contribution in [1.82, 2.24) is 5.32 Å². The first-order chi connectivity index (χ1) is 13.9. The molecule has 1 fully saturated rings. The number of nitrogens with one attached hydrogen (secondary N) is 1. The molecule has 3 N–H and O–H groups in total. The fraction of sp³-hybridized carbons (Fsp3) is 0.381. The molecular formula is C21H24Cl2F2N2O3. The lowest BCUT2D eigenvalue weighted by molar-refractivity contribution is 0.138. The van der Waals surface area contributed by atoms with Crippen molar-refractivity contribution in [2.45, 2.75) is 38.8 Å². The highest BCUT2D eigenvalue weighted by Gasteiger charge is 2.22. The normalized spacial score (nSPS) is 13.9. The minimum atomic E-state index is -0.659. The van der Waals surface area contributed by atoms with Gasteiger partial charge in [0.05, 0.1) is 5.02 Å². The molecule has 1 aliphatic rings. The fourth-order valence-electron chi connectivity index (χ4n) is 2.73. The van der Waals surface area contributed by atoms with Gasteiger partial charge in [0.2, 0.25) is 0 Å². The molecule has 9 heteroatoms. The summed E-state index contributed by atoms with van der Waals surface area (Å²) in [5, 5.41) is 2.70. The Labute approximate surface area is 185 Å². The van der Waals surface area contributed by atoms with Crippen LogP contribution in [0, 0.1) is 17.6 Å². The van der Waals surface area contributed by atoms with Crippen LogP contribution in [0.25, 0.3) is 0 Å². The number of amides is 1. The van der Waals surface area contributed by atoms with Crippen molar-refractivity contribution in [2.24, 2.45) is 11.7 Å². The zero-order valence-corrected chi connectivity index (χ0v) is 18.0. The van der Waals surface area contributed by atoms with Crippen molar-refractivity contribution in [3.05, 3.63) is 58.1 Å². The molecule has 2 aromatic carbocycles. The largest absolute Gasteiger partial charge is 0.453 e. The molecule has 0 heterocycles. The molecule has 0 aliphatic heterocycles. The minimum Gasteiger partial charge on any atom is -0.453 e. The number of rotatable bonds is 8. The van der Waals surface area contributed by atoms with Gasteiger partial charge in [-0.15, -0.1) is 12.4 Å². The number of benzene rings is 2. The molecule has 0 saturated heterocycles. The Bertz CT molecular complexity index is 895. The average Bonchev–Trinajstić information content (AvgIpc) is 3.53. The van der Waals surface area contributed by atoms with Crippen LogP contribution in [0.15, 0.2) is 30.3 Å². The molecule has 0 aromatic heterocycles. The maximum absolute atomic E-state index is 14.8. The Morgan fingerprint density at radius 1 is 1.30 bits per heavy atom. The van der Waals surface area contributed by atoms with Crippen LogP contribution in [0.2, 0.25) is 5.02 Å². The van der Waals surface area contributed by atoms with Gasteiger partial charge in [0.1, 0.15) is 18.2 Å². The van der Waals surface area contributed by atoms with Crippen LogP contribution in [0.1, 0.15) is 43.4 Å². The number of halogens is 4. The first-order valence-electron chi connectivity index (χ1n) is 9.49. The number of ether oxygens (including phenoxy) is 2. The van der Waals surface area contributed by atoms with Gasteiger partial charge >= 0.3 is 6.09 Å². The van der Waals surface area contributed by atoms with E-state index < -0.39 is 23.8 Å². The molecule has 0 spiro atoms. The summed E-state index contributed by atoms with van der Waals surface area (Å²) in [5.74, 6) is -0.749. The highest BCUT2D eigenvalue weighted by molar-refractivity contribution is 6.32. The Morgan fingerprint density at radius 3 is 2.70 bits per heavy atom. The SMILES string of the molecule is CC[C@@H](N)c1ccc(Cl)c(Oc2ccc(F)c(COC(=O)NCC3CC3)c2)c1F.Cl. The standard InChI is InChI=1S/C21H23ClF2N2O3.ClH/c1-2-18(25)15-6-7-16(22)20(19(15)24)29-14-5-8-17(23)13(9-14)11-28-21(27)26-10-12-3-4-12;/h5-9,12,18H,2-4,10-11,25H2,1H3,(H,26,27);1H/t18-;/m1./s1. The molecule has 1 aliphatic carbocycles. The van der Waals surface area contributed by atoms with E-state index in [1.54, 1.807) is 0 Å². The van der Waals surface area contributed by atoms with Gasteiger partial charge < -0.3 is 20.5 Å². The van der Waals surface area contributed by atoms with Crippen LogP contribution in [0.3, 0.4) is 0 Å². The van der Waals surface area contributed by atoms with Gasteiger partial charge in [-0.25, -0.2) is 13.6 Å². The van der Waals surface area contributed by atoms with E-state index in [4.69, 9.17) is 26.8 Å². The molecular weight excluding hydrogens is 437 g/mol. The summed E-state index contributed by atoms with van der Waals surface area (Å²) in [7, 11) is 0. The molecule has 1 saturated carbocycles. The molecule has 1 atom stereocenters. The quantitative estimate of drug-likeness (QED) is 0.515. The third kappa shape index (κ3) is 6.20. The lowest BCUT2D eigenvalue weighted by Crippen LogP contribution is -2.26. The van der Waals surface area contributed by atoms with E-state index in [9.17, 15) is 13.6 Å². The summed E-state index contributed by atoms with van der Waals surface area (Å²) in [5.41, 5.74) is 6.31. The first kappa shape index (κ1) is 24.2. The zero-order valence-electron chi connectivity index (χ0n) is 16.4. The van der Waals surface area contributed by atoms with Gasteiger partial charge in [-0.05, 0) is 49.4 Å². The summed E-state index contributed by atoms with van der Waals surface area (Å²) in [4.78, 5) is 11.7. The van der Waals surface area contributed by atoms with Crippen LogP contribution in [0.4, 0.5) is 13.6 Å². The van der Waals surface area contributed by atoms with E-state index in [-0.39, 0.29) is 46.7 Å². The third-order valence-electron chi connectivity index (χ3n) is 4.75. The van der Waals surface area contributed by atoms with Gasteiger partial charge in [0, 0.05) is 23.7 Å². The van der Waals surface area contributed by atoms with Gasteiger partial charge in [-0.2, -0.15) is 0 Å². The van der Waals surface area contributed by atoms with Crippen LogP contribution in [-0.2, 0) is 11.3 Å². The maximum atomic E-state index is 14.8. The molecule has 0 unspecified atom stereocenters. The Kier molecular flexibility index (Phi) is 8.70. The van der Waals surface area contributed by atoms with E-state index >= 15 is 0 Å². The smallest absolute Gasteiger partial charge is 0.407 e. The van der Waals surface area contributed by atoms with E-state index in [2.05, 4.69) is 5.32 Å².